The molecule has 0 saturated heterocycles. The molecule has 0 aliphatic carbocycles. The maximum absolute atomic E-state index is 13.5. The molecular formula is C23H14Cl3F2N3O2. The first-order valence-corrected chi connectivity index (χ1v) is 10.6. The lowest BCUT2D eigenvalue weighted by atomic mass is 10.2. The van der Waals surface area contributed by atoms with Crippen LogP contribution in [0.4, 0.5) is 14.5 Å². The third-order valence-electron chi connectivity index (χ3n) is 4.78. The summed E-state index contributed by atoms with van der Waals surface area (Å²) in [7, 11) is 0. The zero-order chi connectivity index (χ0) is 23.7. The number of benzene rings is 3. The van der Waals surface area contributed by atoms with E-state index in [1.54, 1.807) is 36.4 Å². The molecule has 4 aromatic rings. The molecular weight excluding hydrogens is 495 g/mol. The van der Waals surface area contributed by atoms with E-state index in [0.29, 0.717) is 15.7 Å². The molecule has 0 saturated carbocycles. The van der Waals surface area contributed by atoms with Crippen LogP contribution in [0.15, 0.2) is 71.7 Å². The smallest absolute Gasteiger partial charge is 0.284 e. The summed E-state index contributed by atoms with van der Waals surface area (Å²) < 4.78 is 29.5. The van der Waals surface area contributed by atoms with E-state index >= 15 is 0 Å². The molecule has 0 aliphatic rings. The molecule has 1 amide bonds. The van der Waals surface area contributed by atoms with Crippen LogP contribution in [-0.4, -0.2) is 15.3 Å². The molecule has 168 valence electrons. The second kappa shape index (κ2) is 9.39. The number of carbonyl (C=O) groups excluding carboxylic acids is 1. The summed E-state index contributed by atoms with van der Waals surface area (Å²) in [5, 5.41) is 3.54. The van der Waals surface area contributed by atoms with Crippen molar-refractivity contribution in [3.63, 3.8) is 0 Å². The van der Waals surface area contributed by atoms with Gasteiger partial charge in [-0.3, -0.25) is 14.3 Å². The largest absolute Gasteiger partial charge is 0.322 e. The van der Waals surface area contributed by atoms with Gasteiger partial charge in [-0.15, -0.1) is 0 Å². The van der Waals surface area contributed by atoms with Crippen LogP contribution < -0.4 is 10.9 Å². The Morgan fingerprint density at radius 1 is 0.879 bits per heavy atom. The van der Waals surface area contributed by atoms with Crippen LogP contribution in [0, 0.1) is 11.6 Å². The maximum Gasteiger partial charge on any atom is 0.284 e. The first-order valence-electron chi connectivity index (χ1n) is 9.51. The topological polar surface area (TPSA) is 56.0 Å². The Morgan fingerprint density at radius 3 is 2.24 bits per heavy atom. The predicted octanol–water partition coefficient (Wildman–Crippen LogP) is 6.18. The highest BCUT2D eigenvalue weighted by Gasteiger charge is 2.21. The molecule has 0 radical (unpaired) electrons. The molecule has 0 aliphatic heterocycles. The monoisotopic (exact) mass is 507 g/mol. The molecule has 0 fully saturated rings. The predicted molar refractivity (Wildman–Crippen MR) is 125 cm³/mol. The maximum atomic E-state index is 13.5. The van der Waals surface area contributed by atoms with Gasteiger partial charge in [0.15, 0.2) is 11.6 Å². The Balaban J connectivity index is 1.78. The molecule has 4 rings (SSSR count). The van der Waals surface area contributed by atoms with Gasteiger partial charge in [-0.25, -0.2) is 13.5 Å². The fraction of sp³-hybridized carbons (Fsp3) is 0.0435. The van der Waals surface area contributed by atoms with E-state index in [9.17, 15) is 18.4 Å². The molecule has 0 unspecified atom stereocenters. The fourth-order valence-corrected chi connectivity index (χ4v) is 3.83. The highest BCUT2D eigenvalue weighted by Crippen LogP contribution is 2.24. The van der Waals surface area contributed by atoms with Crippen LogP contribution in [0.1, 0.15) is 15.9 Å². The van der Waals surface area contributed by atoms with Crippen molar-refractivity contribution in [1.29, 1.82) is 0 Å². The van der Waals surface area contributed by atoms with E-state index < -0.39 is 23.1 Å². The second-order valence-corrected chi connectivity index (χ2v) is 8.34. The number of nitrogens with one attached hydrogen (secondary N) is 1. The number of halogens is 5. The highest BCUT2D eigenvalue weighted by molar-refractivity contribution is 6.35. The quantitative estimate of drug-likeness (QED) is 0.350. The van der Waals surface area contributed by atoms with E-state index in [-0.39, 0.29) is 22.8 Å². The number of anilines is 1. The lowest BCUT2D eigenvalue weighted by Crippen LogP contribution is -2.26. The average Bonchev–Trinajstić information content (AvgIpc) is 3.08. The van der Waals surface area contributed by atoms with Crippen molar-refractivity contribution in [2.45, 2.75) is 6.54 Å². The van der Waals surface area contributed by atoms with Gasteiger partial charge in [0.05, 0.1) is 17.3 Å². The Labute approximate surface area is 201 Å². The standard InChI is InChI=1S/C23H14Cl3F2N3O2/c24-14-3-1-13(2-4-14)11-30-12-17(22(32)29-16-6-7-19(27)20(28)10-16)23(33)31(30)21-8-5-15(25)9-18(21)26/h1-10,12H,11H2,(H,29,32). The van der Waals surface area contributed by atoms with Crippen molar-refractivity contribution < 1.29 is 13.6 Å². The van der Waals surface area contributed by atoms with E-state index in [1.807, 2.05) is 0 Å². The molecule has 1 heterocycles. The Bertz CT molecular complexity index is 1420. The zero-order valence-corrected chi connectivity index (χ0v) is 18.9. The summed E-state index contributed by atoms with van der Waals surface area (Å²) in [4.78, 5) is 26.1. The summed E-state index contributed by atoms with van der Waals surface area (Å²) in [6.07, 6.45) is 1.36. The first kappa shape index (κ1) is 23.0. The zero-order valence-electron chi connectivity index (χ0n) is 16.7. The van der Waals surface area contributed by atoms with E-state index in [2.05, 4.69) is 5.32 Å². The number of aromatic nitrogens is 2. The number of hydrogen-bond acceptors (Lipinski definition) is 2. The lowest BCUT2D eigenvalue weighted by Gasteiger charge is -2.13. The third-order valence-corrected chi connectivity index (χ3v) is 5.57. The van der Waals surface area contributed by atoms with Crippen LogP contribution in [0.2, 0.25) is 15.1 Å². The number of rotatable bonds is 5. The molecule has 5 nitrogen and oxygen atoms in total. The summed E-state index contributed by atoms with van der Waals surface area (Å²) in [6.45, 7) is 0.212. The van der Waals surface area contributed by atoms with Crippen LogP contribution >= 0.6 is 34.8 Å². The Morgan fingerprint density at radius 2 is 1.58 bits per heavy atom. The van der Waals surface area contributed by atoms with Crippen LogP contribution in [0.25, 0.3) is 5.69 Å². The van der Waals surface area contributed by atoms with E-state index in [4.69, 9.17) is 34.8 Å². The fourth-order valence-electron chi connectivity index (χ4n) is 3.21. The van der Waals surface area contributed by atoms with Crippen molar-refractivity contribution in [3.8, 4) is 5.69 Å². The van der Waals surface area contributed by atoms with Gasteiger partial charge in [0.2, 0.25) is 0 Å². The minimum Gasteiger partial charge on any atom is -0.322 e. The lowest BCUT2D eigenvalue weighted by molar-refractivity contribution is 0.102. The van der Waals surface area contributed by atoms with Crippen molar-refractivity contribution >= 4 is 46.4 Å². The minimum absolute atomic E-state index is 0.000161. The van der Waals surface area contributed by atoms with Crippen molar-refractivity contribution in [2.24, 2.45) is 0 Å². The molecule has 0 bridgehead atoms. The van der Waals surface area contributed by atoms with Crippen molar-refractivity contribution in [1.82, 2.24) is 9.36 Å². The molecule has 0 atom stereocenters. The van der Waals surface area contributed by atoms with Gasteiger partial charge < -0.3 is 5.32 Å². The average molecular weight is 509 g/mol. The number of carbonyl (C=O) groups is 1. The van der Waals surface area contributed by atoms with Gasteiger partial charge in [0.25, 0.3) is 11.5 Å². The van der Waals surface area contributed by atoms with Gasteiger partial charge >= 0.3 is 0 Å². The summed E-state index contributed by atoms with van der Waals surface area (Å²) in [5.74, 6) is -2.97. The minimum atomic E-state index is -1.13. The van der Waals surface area contributed by atoms with Crippen LogP contribution in [-0.2, 0) is 6.54 Å². The molecule has 0 spiro atoms. The molecule has 10 heteroatoms. The van der Waals surface area contributed by atoms with Gasteiger partial charge in [-0.2, -0.15) is 0 Å². The number of hydrogen-bond donors (Lipinski definition) is 1. The first-order chi connectivity index (χ1) is 15.7. The van der Waals surface area contributed by atoms with Gasteiger partial charge in [-0.05, 0) is 48.0 Å². The molecule has 33 heavy (non-hydrogen) atoms. The second-order valence-electron chi connectivity index (χ2n) is 7.06. The van der Waals surface area contributed by atoms with Crippen LogP contribution in [0.5, 0.6) is 0 Å². The summed E-state index contributed by atoms with van der Waals surface area (Å²) in [5.41, 5.74) is 0.237. The normalized spacial score (nSPS) is 10.9. The highest BCUT2D eigenvalue weighted by atomic mass is 35.5. The summed E-state index contributed by atoms with van der Waals surface area (Å²) in [6, 6.07) is 14.5. The van der Waals surface area contributed by atoms with E-state index in [0.717, 1.165) is 17.7 Å². The Hall–Kier alpha value is -3.13. The molecule has 3 aromatic carbocycles. The Kier molecular flexibility index (Phi) is 6.56. The number of amides is 1. The van der Waals surface area contributed by atoms with Crippen molar-refractivity contribution in [3.05, 3.63) is 115 Å². The van der Waals surface area contributed by atoms with Crippen molar-refractivity contribution in [2.75, 3.05) is 5.32 Å². The summed E-state index contributed by atoms with van der Waals surface area (Å²) >= 11 is 18.3. The van der Waals surface area contributed by atoms with E-state index in [1.165, 1.54) is 27.7 Å². The van der Waals surface area contributed by atoms with Gasteiger partial charge in [0, 0.05) is 28.0 Å². The van der Waals surface area contributed by atoms with Gasteiger partial charge in [-0.1, -0.05) is 46.9 Å². The third kappa shape index (κ3) is 4.95. The molecule has 1 N–H and O–H groups in total. The SMILES string of the molecule is O=C(Nc1ccc(F)c(F)c1)c1cn(Cc2ccc(Cl)cc2)n(-c2ccc(Cl)cc2Cl)c1=O. The molecule has 1 aromatic heterocycles. The number of nitrogens with zero attached hydrogens (tertiary/aromatic N) is 2. The van der Waals surface area contributed by atoms with Gasteiger partial charge in [0.1, 0.15) is 5.56 Å². The van der Waals surface area contributed by atoms with Crippen LogP contribution in [0.3, 0.4) is 0 Å².